The van der Waals surface area contributed by atoms with Crippen molar-refractivity contribution in [2.45, 2.75) is 12.8 Å². The Balaban J connectivity index is 1.80. The Morgan fingerprint density at radius 3 is 2.47 bits per heavy atom. The molecule has 3 aromatic carbocycles. The fourth-order valence-corrected chi connectivity index (χ4v) is 3.70. The number of nitrogens with one attached hydrogen (secondary N) is 1. The van der Waals surface area contributed by atoms with Gasteiger partial charge in [-0.05, 0) is 54.4 Å². The van der Waals surface area contributed by atoms with Gasteiger partial charge in [0.25, 0.3) is 0 Å². The third-order valence-corrected chi connectivity index (χ3v) is 5.34. The van der Waals surface area contributed by atoms with Crippen LogP contribution in [-0.4, -0.2) is 24.2 Å². The van der Waals surface area contributed by atoms with Crippen LogP contribution >= 0.6 is 15.9 Å². The zero-order valence-corrected chi connectivity index (χ0v) is 17.8. The molecule has 30 heavy (non-hydrogen) atoms. The van der Waals surface area contributed by atoms with Gasteiger partial charge in [-0.25, -0.2) is 4.79 Å². The number of halogens is 1. The molecule has 4 rings (SSSR count). The van der Waals surface area contributed by atoms with E-state index < -0.39 is 11.9 Å². The number of carbonyl (C=O) groups is 2. The second-order valence-electron chi connectivity index (χ2n) is 6.78. The molecule has 150 valence electrons. The first kappa shape index (κ1) is 20.0. The number of aliphatic imine (C=N–C) groups is 1. The number of benzene rings is 3. The summed E-state index contributed by atoms with van der Waals surface area (Å²) in [7, 11) is 0. The van der Waals surface area contributed by atoms with Crippen LogP contribution in [0.1, 0.15) is 34.3 Å². The van der Waals surface area contributed by atoms with Gasteiger partial charge in [-0.3, -0.25) is 9.79 Å². The summed E-state index contributed by atoms with van der Waals surface area (Å²) in [5, 5.41) is 2.89. The summed E-state index contributed by atoms with van der Waals surface area (Å²) in [5.41, 5.74) is 4.06. The van der Waals surface area contributed by atoms with E-state index in [1.807, 2.05) is 54.6 Å². The van der Waals surface area contributed by atoms with Gasteiger partial charge in [0.05, 0.1) is 23.6 Å². The summed E-state index contributed by atoms with van der Waals surface area (Å²) in [5.74, 6) is -1.17. The highest BCUT2D eigenvalue weighted by Crippen LogP contribution is 2.37. The fraction of sp³-hybridized carbons (Fsp3) is 0.125. The normalized spacial score (nSPS) is 15.5. The number of anilines is 1. The van der Waals surface area contributed by atoms with Crippen molar-refractivity contribution in [1.82, 2.24) is 0 Å². The van der Waals surface area contributed by atoms with Crippen LogP contribution in [0.3, 0.4) is 0 Å². The molecule has 1 unspecified atom stereocenters. The first-order valence-electron chi connectivity index (χ1n) is 9.58. The molecule has 0 aliphatic carbocycles. The van der Waals surface area contributed by atoms with Crippen molar-refractivity contribution in [3.63, 3.8) is 0 Å². The molecule has 0 saturated heterocycles. The Morgan fingerprint density at radius 2 is 1.77 bits per heavy atom. The SMILES string of the molecule is CCOC(=O)c1ccc2c(c1)NC(=O)C2C(=Nc1ccc(Br)cc1)c1ccccc1. The van der Waals surface area contributed by atoms with Crippen LogP contribution in [0.25, 0.3) is 0 Å². The summed E-state index contributed by atoms with van der Waals surface area (Å²) in [6, 6.07) is 22.4. The van der Waals surface area contributed by atoms with Crippen LogP contribution in [-0.2, 0) is 9.53 Å². The van der Waals surface area contributed by atoms with Gasteiger partial charge >= 0.3 is 5.97 Å². The number of fused-ring (bicyclic) bond motifs is 1. The van der Waals surface area contributed by atoms with Crippen LogP contribution in [0.15, 0.2) is 82.3 Å². The lowest BCUT2D eigenvalue weighted by Gasteiger charge is -2.14. The average molecular weight is 463 g/mol. The number of amides is 1. The number of rotatable bonds is 5. The maximum Gasteiger partial charge on any atom is 0.338 e. The molecular formula is C24H19BrN2O3. The molecular weight excluding hydrogens is 444 g/mol. The Hall–Kier alpha value is -3.25. The number of nitrogens with zero attached hydrogens (tertiary/aromatic N) is 1. The predicted octanol–water partition coefficient (Wildman–Crippen LogP) is 5.48. The Kier molecular flexibility index (Phi) is 5.77. The molecule has 3 aromatic rings. The standard InChI is InChI=1S/C24H19BrN2O3/c1-2-30-24(29)16-8-13-19-20(14-16)27-23(28)21(19)22(15-6-4-3-5-7-15)26-18-11-9-17(25)10-12-18/h3-14,21H,2H2,1H3,(H,27,28). The van der Waals surface area contributed by atoms with Gasteiger partial charge < -0.3 is 10.1 Å². The number of carbonyl (C=O) groups excluding carboxylic acids is 2. The van der Waals surface area contributed by atoms with Crippen LogP contribution in [0, 0.1) is 0 Å². The van der Waals surface area contributed by atoms with E-state index in [2.05, 4.69) is 21.2 Å². The molecule has 0 aromatic heterocycles. The third-order valence-electron chi connectivity index (χ3n) is 4.81. The van der Waals surface area contributed by atoms with Crippen molar-refractivity contribution in [2.24, 2.45) is 4.99 Å². The summed E-state index contributed by atoms with van der Waals surface area (Å²) in [6.07, 6.45) is 0. The van der Waals surface area contributed by atoms with E-state index in [0.29, 0.717) is 23.6 Å². The van der Waals surface area contributed by atoms with Gasteiger partial charge in [-0.15, -0.1) is 0 Å². The lowest BCUT2D eigenvalue weighted by Crippen LogP contribution is -2.21. The molecule has 0 spiro atoms. The van der Waals surface area contributed by atoms with E-state index in [4.69, 9.17) is 9.73 Å². The van der Waals surface area contributed by atoms with Crippen LogP contribution < -0.4 is 5.32 Å². The Labute approximate surface area is 182 Å². The molecule has 1 atom stereocenters. The first-order chi connectivity index (χ1) is 14.6. The second kappa shape index (κ2) is 8.63. The zero-order valence-electron chi connectivity index (χ0n) is 16.3. The van der Waals surface area contributed by atoms with Crippen molar-refractivity contribution in [2.75, 3.05) is 11.9 Å². The zero-order chi connectivity index (χ0) is 21.1. The van der Waals surface area contributed by atoms with Gasteiger partial charge in [0.15, 0.2) is 0 Å². The molecule has 1 heterocycles. The van der Waals surface area contributed by atoms with Crippen LogP contribution in [0.2, 0.25) is 0 Å². The molecule has 5 nitrogen and oxygen atoms in total. The monoisotopic (exact) mass is 462 g/mol. The van der Waals surface area contributed by atoms with Crippen molar-refractivity contribution in [1.29, 1.82) is 0 Å². The van der Waals surface area contributed by atoms with E-state index in [9.17, 15) is 9.59 Å². The van der Waals surface area contributed by atoms with Crippen LogP contribution in [0.4, 0.5) is 11.4 Å². The maximum absolute atomic E-state index is 13.0. The fourth-order valence-electron chi connectivity index (χ4n) is 3.43. The summed E-state index contributed by atoms with van der Waals surface area (Å²) in [4.78, 5) is 29.9. The molecule has 0 bridgehead atoms. The summed E-state index contributed by atoms with van der Waals surface area (Å²) < 4.78 is 6.02. The molecule has 1 amide bonds. The van der Waals surface area contributed by atoms with Gasteiger partial charge in [0.2, 0.25) is 5.91 Å². The molecule has 1 aliphatic heterocycles. The number of hydrogen-bond acceptors (Lipinski definition) is 4. The van der Waals surface area contributed by atoms with E-state index in [1.165, 1.54) is 0 Å². The number of ether oxygens (including phenoxy) is 1. The molecule has 0 radical (unpaired) electrons. The molecule has 0 fully saturated rings. The topological polar surface area (TPSA) is 67.8 Å². The molecule has 1 aliphatic rings. The van der Waals surface area contributed by atoms with Gasteiger partial charge in [-0.1, -0.05) is 52.3 Å². The summed E-state index contributed by atoms with van der Waals surface area (Å²) in [6.45, 7) is 2.05. The van der Waals surface area contributed by atoms with E-state index in [1.54, 1.807) is 25.1 Å². The minimum Gasteiger partial charge on any atom is -0.462 e. The lowest BCUT2D eigenvalue weighted by atomic mass is 9.90. The highest BCUT2D eigenvalue weighted by atomic mass is 79.9. The quantitative estimate of drug-likeness (QED) is 0.402. The van der Waals surface area contributed by atoms with Crippen molar-refractivity contribution in [3.8, 4) is 0 Å². The Morgan fingerprint density at radius 1 is 1.03 bits per heavy atom. The minimum atomic E-state index is -0.581. The second-order valence-corrected chi connectivity index (χ2v) is 7.70. The van der Waals surface area contributed by atoms with Gasteiger partial charge in [0, 0.05) is 10.2 Å². The van der Waals surface area contributed by atoms with Gasteiger partial charge in [-0.2, -0.15) is 0 Å². The van der Waals surface area contributed by atoms with Crippen molar-refractivity contribution in [3.05, 3.63) is 94.0 Å². The number of esters is 1. The highest BCUT2D eigenvalue weighted by Gasteiger charge is 2.35. The van der Waals surface area contributed by atoms with E-state index in [0.717, 1.165) is 21.3 Å². The smallest absolute Gasteiger partial charge is 0.338 e. The number of hydrogen-bond donors (Lipinski definition) is 1. The maximum atomic E-state index is 13.0. The molecule has 6 heteroatoms. The molecule has 0 saturated carbocycles. The van der Waals surface area contributed by atoms with Crippen LogP contribution in [0.5, 0.6) is 0 Å². The Bertz CT molecular complexity index is 1120. The highest BCUT2D eigenvalue weighted by molar-refractivity contribution is 9.10. The minimum absolute atomic E-state index is 0.175. The van der Waals surface area contributed by atoms with Crippen molar-refractivity contribution < 1.29 is 14.3 Å². The average Bonchev–Trinajstić information content (AvgIpc) is 3.09. The van der Waals surface area contributed by atoms with E-state index in [-0.39, 0.29) is 5.91 Å². The molecule has 1 N–H and O–H groups in total. The third kappa shape index (κ3) is 4.04. The van der Waals surface area contributed by atoms with E-state index >= 15 is 0 Å². The lowest BCUT2D eigenvalue weighted by molar-refractivity contribution is -0.115. The van der Waals surface area contributed by atoms with Crippen molar-refractivity contribution >= 4 is 44.9 Å². The van der Waals surface area contributed by atoms with Gasteiger partial charge in [0.1, 0.15) is 5.92 Å². The predicted molar refractivity (Wildman–Crippen MR) is 121 cm³/mol. The largest absolute Gasteiger partial charge is 0.462 e. The first-order valence-corrected chi connectivity index (χ1v) is 10.4. The summed E-state index contributed by atoms with van der Waals surface area (Å²) >= 11 is 3.43.